The van der Waals surface area contributed by atoms with E-state index in [1.807, 2.05) is 14.0 Å². The van der Waals surface area contributed by atoms with Crippen LogP contribution in [-0.4, -0.2) is 50.1 Å². The minimum atomic E-state index is -0.130. The Morgan fingerprint density at radius 3 is 2.87 bits per heavy atom. The van der Waals surface area contributed by atoms with E-state index in [0.717, 1.165) is 38.4 Å². The average molecular weight is 317 g/mol. The third-order valence-electron chi connectivity index (χ3n) is 4.12. The molecule has 23 heavy (non-hydrogen) atoms. The van der Waals surface area contributed by atoms with Crippen LogP contribution in [0.3, 0.4) is 0 Å². The Labute approximate surface area is 138 Å². The number of aliphatic imine (C=N–C) groups is 1. The molecule has 0 aromatic heterocycles. The largest absolute Gasteiger partial charge is 0.466 e. The molecule has 0 aliphatic carbocycles. The molecule has 2 rings (SSSR count). The SMILES string of the molecule is CCOC(=O)CCCNC(=NC)N1CCC(c2ccccc2)C1. The molecule has 0 amide bonds. The fraction of sp³-hybridized carbons (Fsp3) is 0.556. The highest BCUT2D eigenvalue weighted by Crippen LogP contribution is 2.26. The summed E-state index contributed by atoms with van der Waals surface area (Å²) >= 11 is 0. The zero-order chi connectivity index (χ0) is 16.5. The molecule has 126 valence electrons. The fourth-order valence-corrected chi connectivity index (χ4v) is 2.95. The summed E-state index contributed by atoms with van der Waals surface area (Å²) < 4.78 is 4.93. The topological polar surface area (TPSA) is 53.9 Å². The fourth-order valence-electron chi connectivity index (χ4n) is 2.95. The molecule has 1 aliphatic rings. The van der Waals surface area contributed by atoms with Crippen LogP contribution in [0.25, 0.3) is 0 Å². The molecule has 1 aromatic rings. The van der Waals surface area contributed by atoms with Gasteiger partial charge in [0.1, 0.15) is 0 Å². The van der Waals surface area contributed by atoms with Gasteiger partial charge in [-0.1, -0.05) is 30.3 Å². The van der Waals surface area contributed by atoms with Gasteiger partial charge in [-0.25, -0.2) is 0 Å². The van der Waals surface area contributed by atoms with Gasteiger partial charge in [0.05, 0.1) is 6.61 Å². The van der Waals surface area contributed by atoms with E-state index in [-0.39, 0.29) is 5.97 Å². The highest BCUT2D eigenvalue weighted by atomic mass is 16.5. The number of nitrogens with one attached hydrogen (secondary N) is 1. The van der Waals surface area contributed by atoms with Crippen LogP contribution in [0.15, 0.2) is 35.3 Å². The van der Waals surface area contributed by atoms with Crippen molar-refractivity contribution in [1.29, 1.82) is 0 Å². The summed E-state index contributed by atoms with van der Waals surface area (Å²) in [4.78, 5) is 18.0. The number of hydrogen-bond acceptors (Lipinski definition) is 3. The summed E-state index contributed by atoms with van der Waals surface area (Å²) in [6.07, 6.45) is 2.35. The van der Waals surface area contributed by atoms with Gasteiger partial charge in [-0.2, -0.15) is 0 Å². The van der Waals surface area contributed by atoms with E-state index in [1.165, 1.54) is 5.56 Å². The van der Waals surface area contributed by atoms with Crippen LogP contribution in [0.5, 0.6) is 0 Å². The number of hydrogen-bond donors (Lipinski definition) is 1. The van der Waals surface area contributed by atoms with Gasteiger partial charge in [-0.15, -0.1) is 0 Å². The van der Waals surface area contributed by atoms with Gasteiger partial charge < -0.3 is 15.0 Å². The number of carbonyl (C=O) groups excluding carboxylic acids is 1. The molecule has 1 N–H and O–H groups in total. The molecule has 0 saturated carbocycles. The molecule has 0 spiro atoms. The van der Waals surface area contributed by atoms with Gasteiger partial charge in [0.2, 0.25) is 0 Å². The summed E-state index contributed by atoms with van der Waals surface area (Å²) in [6.45, 7) is 5.01. The standard InChI is InChI=1S/C18H27N3O2/c1-3-23-17(22)10-7-12-20-18(19-2)21-13-11-16(14-21)15-8-5-4-6-9-15/h4-6,8-9,16H,3,7,10-14H2,1-2H3,(H,19,20). The van der Waals surface area contributed by atoms with Crippen molar-refractivity contribution in [3.8, 4) is 0 Å². The second kappa shape index (κ2) is 9.18. The number of ether oxygens (including phenoxy) is 1. The molecule has 1 fully saturated rings. The van der Waals surface area contributed by atoms with Gasteiger partial charge in [-0.3, -0.25) is 9.79 Å². The van der Waals surface area contributed by atoms with Crippen LogP contribution in [-0.2, 0) is 9.53 Å². The lowest BCUT2D eigenvalue weighted by atomic mass is 9.99. The van der Waals surface area contributed by atoms with Crippen molar-refractivity contribution in [2.45, 2.75) is 32.1 Å². The van der Waals surface area contributed by atoms with Crippen molar-refractivity contribution in [2.24, 2.45) is 4.99 Å². The first-order valence-corrected chi connectivity index (χ1v) is 8.40. The predicted molar refractivity (Wildman–Crippen MR) is 92.6 cm³/mol. The molecule has 0 radical (unpaired) electrons. The second-order valence-electron chi connectivity index (χ2n) is 5.72. The first-order valence-electron chi connectivity index (χ1n) is 8.40. The number of likely N-dealkylation sites (tertiary alicyclic amines) is 1. The monoisotopic (exact) mass is 317 g/mol. The number of nitrogens with zero attached hydrogens (tertiary/aromatic N) is 2. The smallest absolute Gasteiger partial charge is 0.305 e. The normalized spacial score (nSPS) is 18.1. The van der Waals surface area contributed by atoms with Crippen molar-refractivity contribution in [3.63, 3.8) is 0 Å². The predicted octanol–water partition coefficient (Wildman–Crippen LogP) is 2.39. The molecule has 5 heteroatoms. The maximum absolute atomic E-state index is 11.3. The zero-order valence-electron chi connectivity index (χ0n) is 14.1. The van der Waals surface area contributed by atoms with E-state index in [4.69, 9.17) is 4.74 Å². The van der Waals surface area contributed by atoms with E-state index >= 15 is 0 Å². The first-order chi connectivity index (χ1) is 11.2. The van der Waals surface area contributed by atoms with E-state index < -0.39 is 0 Å². The molecule has 1 aliphatic heterocycles. The second-order valence-corrected chi connectivity index (χ2v) is 5.72. The Balaban J connectivity index is 1.75. The van der Waals surface area contributed by atoms with Crippen molar-refractivity contribution < 1.29 is 9.53 Å². The van der Waals surface area contributed by atoms with Crippen molar-refractivity contribution >= 4 is 11.9 Å². The molecule has 0 bridgehead atoms. The van der Waals surface area contributed by atoms with E-state index in [1.54, 1.807) is 0 Å². The molecular formula is C18H27N3O2. The van der Waals surface area contributed by atoms with Gasteiger partial charge in [-0.05, 0) is 25.3 Å². The molecule has 1 unspecified atom stereocenters. The van der Waals surface area contributed by atoms with E-state index in [9.17, 15) is 4.79 Å². The maximum Gasteiger partial charge on any atom is 0.305 e. The molecule has 1 saturated heterocycles. The highest BCUT2D eigenvalue weighted by Gasteiger charge is 2.25. The summed E-state index contributed by atoms with van der Waals surface area (Å²) in [6, 6.07) is 10.6. The van der Waals surface area contributed by atoms with Crippen LogP contribution < -0.4 is 5.32 Å². The summed E-state index contributed by atoms with van der Waals surface area (Å²) in [7, 11) is 1.81. The average Bonchev–Trinajstić information content (AvgIpc) is 3.06. The van der Waals surface area contributed by atoms with E-state index in [2.05, 4.69) is 45.5 Å². The number of rotatable bonds is 6. The molecule has 1 heterocycles. The van der Waals surface area contributed by atoms with Gasteiger partial charge in [0, 0.05) is 39.0 Å². The van der Waals surface area contributed by atoms with Crippen LogP contribution in [0.1, 0.15) is 37.7 Å². The third kappa shape index (κ3) is 5.27. The van der Waals surface area contributed by atoms with Crippen molar-refractivity contribution in [2.75, 3.05) is 33.3 Å². The van der Waals surface area contributed by atoms with Crippen molar-refractivity contribution in [1.82, 2.24) is 10.2 Å². The van der Waals surface area contributed by atoms with Gasteiger partial charge in [0.25, 0.3) is 0 Å². The first kappa shape index (κ1) is 17.3. The molecule has 1 aromatic carbocycles. The Morgan fingerprint density at radius 2 is 2.17 bits per heavy atom. The van der Waals surface area contributed by atoms with E-state index in [0.29, 0.717) is 18.9 Å². The summed E-state index contributed by atoms with van der Waals surface area (Å²) in [5.74, 6) is 1.36. The summed E-state index contributed by atoms with van der Waals surface area (Å²) in [5, 5.41) is 3.35. The Morgan fingerprint density at radius 1 is 1.39 bits per heavy atom. The van der Waals surface area contributed by atoms with Crippen LogP contribution >= 0.6 is 0 Å². The lowest BCUT2D eigenvalue weighted by Crippen LogP contribution is -2.40. The number of guanidine groups is 1. The van der Waals surface area contributed by atoms with Crippen LogP contribution in [0, 0.1) is 0 Å². The zero-order valence-corrected chi connectivity index (χ0v) is 14.1. The van der Waals surface area contributed by atoms with Crippen LogP contribution in [0.4, 0.5) is 0 Å². The molecular weight excluding hydrogens is 290 g/mol. The lowest BCUT2D eigenvalue weighted by molar-refractivity contribution is -0.143. The minimum absolute atomic E-state index is 0.130. The molecule has 1 atom stereocenters. The Bertz CT molecular complexity index is 516. The minimum Gasteiger partial charge on any atom is -0.466 e. The summed E-state index contributed by atoms with van der Waals surface area (Å²) in [5.41, 5.74) is 1.40. The Kier molecular flexibility index (Phi) is 6.91. The van der Waals surface area contributed by atoms with Gasteiger partial charge in [0.15, 0.2) is 5.96 Å². The Hall–Kier alpha value is -2.04. The van der Waals surface area contributed by atoms with Crippen LogP contribution in [0.2, 0.25) is 0 Å². The number of carbonyl (C=O) groups is 1. The molecule has 5 nitrogen and oxygen atoms in total. The number of benzene rings is 1. The maximum atomic E-state index is 11.3. The highest BCUT2D eigenvalue weighted by molar-refractivity contribution is 5.80. The number of esters is 1. The quantitative estimate of drug-likeness (QED) is 0.379. The van der Waals surface area contributed by atoms with Crippen molar-refractivity contribution in [3.05, 3.63) is 35.9 Å². The van der Waals surface area contributed by atoms with Gasteiger partial charge >= 0.3 is 5.97 Å². The third-order valence-corrected chi connectivity index (χ3v) is 4.12. The lowest BCUT2D eigenvalue weighted by Gasteiger charge is -2.21.